The zero-order valence-corrected chi connectivity index (χ0v) is 7.91. The number of hydrogen-bond acceptors (Lipinski definition) is 2. The molecule has 0 aliphatic rings. The Morgan fingerprint density at radius 2 is 1.86 bits per heavy atom. The standard InChI is InChI=1S/C10H12N2O2/c1-11-10(14)12-9(13)7-8-5-3-2-4-6-8/h2-6H,7H2,1H3,(H2,11,12,13,14). The normalized spacial score (nSPS) is 9.21. The van der Waals surface area contributed by atoms with E-state index >= 15 is 0 Å². The van der Waals surface area contributed by atoms with Gasteiger partial charge in [-0.1, -0.05) is 30.3 Å². The molecular weight excluding hydrogens is 180 g/mol. The predicted molar refractivity (Wildman–Crippen MR) is 52.7 cm³/mol. The molecule has 0 atom stereocenters. The molecule has 74 valence electrons. The first-order valence-electron chi connectivity index (χ1n) is 4.28. The van der Waals surface area contributed by atoms with Gasteiger partial charge in [0.1, 0.15) is 0 Å². The molecule has 3 amide bonds. The molecule has 0 aliphatic carbocycles. The average Bonchev–Trinajstić information content (AvgIpc) is 2.19. The van der Waals surface area contributed by atoms with E-state index in [1.165, 1.54) is 7.05 Å². The molecule has 0 saturated heterocycles. The summed E-state index contributed by atoms with van der Waals surface area (Å²) in [4.78, 5) is 22.0. The number of nitrogens with one attached hydrogen (secondary N) is 2. The molecule has 0 aliphatic heterocycles. The molecule has 0 unspecified atom stereocenters. The number of carbonyl (C=O) groups excluding carboxylic acids is 2. The van der Waals surface area contributed by atoms with Crippen LogP contribution in [-0.2, 0) is 11.2 Å². The lowest BCUT2D eigenvalue weighted by molar-refractivity contribution is -0.119. The summed E-state index contributed by atoms with van der Waals surface area (Å²) in [5.74, 6) is -0.310. The first-order chi connectivity index (χ1) is 6.72. The van der Waals surface area contributed by atoms with Crippen molar-refractivity contribution in [1.29, 1.82) is 0 Å². The Morgan fingerprint density at radius 1 is 1.21 bits per heavy atom. The van der Waals surface area contributed by atoms with Crippen LogP contribution in [-0.4, -0.2) is 19.0 Å². The van der Waals surface area contributed by atoms with E-state index in [1.54, 1.807) is 0 Å². The third kappa shape index (κ3) is 3.26. The molecule has 1 aromatic carbocycles. The average molecular weight is 192 g/mol. The highest BCUT2D eigenvalue weighted by Gasteiger charge is 2.05. The second-order valence-corrected chi connectivity index (χ2v) is 2.79. The third-order valence-corrected chi connectivity index (χ3v) is 1.69. The molecule has 0 bridgehead atoms. The summed E-state index contributed by atoms with van der Waals surface area (Å²) >= 11 is 0. The Kier molecular flexibility index (Phi) is 3.67. The Bertz CT molecular complexity index is 322. The van der Waals surface area contributed by atoms with Gasteiger partial charge in [-0.15, -0.1) is 0 Å². The fourth-order valence-corrected chi connectivity index (χ4v) is 1.01. The smallest absolute Gasteiger partial charge is 0.321 e. The van der Waals surface area contributed by atoms with Gasteiger partial charge in [0.05, 0.1) is 6.42 Å². The number of carbonyl (C=O) groups is 2. The van der Waals surface area contributed by atoms with E-state index in [0.717, 1.165) is 5.56 Å². The van der Waals surface area contributed by atoms with Crippen LogP contribution in [0.2, 0.25) is 0 Å². The minimum Gasteiger partial charge on any atom is -0.341 e. The molecule has 1 aromatic rings. The van der Waals surface area contributed by atoms with Crippen molar-refractivity contribution < 1.29 is 9.59 Å². The lowest BCUT2D eigenvalue weighted by atomic mass is 10.1. The van der Waals surface area contributed by atoms with E-state index < -0.39 is 6.03 Å². The lowest BCUT2D eigenvalue weighted by Crippen LogP contribution is -2.38. The number of rotatable bonds is 2. The van der Waals surface area contributed by atoms with Gasteiger partial charge in [0, 0.05) is 7.05 Å². The molecule has 0 aromatic heterocycles. The minimum absolute atomic E-state index is 0.217. The fraction of sp³-hybridized carbons (Fsp3) is 0.200. The SMILES string of the molecule is CNC(=O)NC(=O)Cc1ccccc1. The summed E-state index contributed by atoms with van der Waals surface area (Å²) in [5, 5.41) is 4.50. The molecule has 4 nitrogen and oxygen atoms in total. The number of hydrogen-bond donors (Lipinski definition) is 2. The van der Waals surface area contributed by atoms with E-state index in [0.29, 0.717) is 0 Å². The second kappa shape index (κ2) is 5.01. The Morgan fingerprint density at radius 3 is 2.43 bits per heavy atom. The van der Waals surface area contributed by atoms with Crippen LogP contribution in [0.1, 0.15) is 5.56 Å². The monoisotopic (exact) mass is 192 g/mol. The van der Waals surface area contributed by atoms with Gasteiger partial charge in [-0.25, -0.2) is 4.79 Å². The van der Waals surface area contributed by atoms with Gasteiger partial charge < -0.3 is 5.32 Å². The van der Waals surface area contributed by atoms with E-state index in [2.05, 4.69) is 10.6 Å². The number of amides is 3. The highest BCUT2D eigenvalue weighted by Crippen LogP contribution is 1.98. The molecule has 0 saturated carbocycles. The van der Waals surface area contributed by atoms with Crippen molar-refractivity contribution in [1.82, 2.24) is 10.6 Å². The van der Waals surface area contributed by atoms with E-state index in [-0.39, 0.29) is 12.3 Å². The first-order valence-corrected chi connectivity index (χ1v) is 4.28. The van der Waals surface area contributed by atoms with E-state index in [9.17, 15) is 9.59 Å². The van der Waals surface area contributed by atoms with Crippen LogP contribution in [0.15, 0.2) is 30.3 Å². The molecule has 0 spiro atoms. The van der Waals surface area contributed by atoms with Crippen molar-refractivity contribution in [2.45, 2.75) is 6.42 Å². The molecule has 14 heavy (non-hydrogen) atoms. The third-order valence-electron chi connectivity index (χ3n) is 1.69. The van der Waals surface area contributed by atoms with Gasteiger partial charge >= 0.3 is 6.03 Å². The minimum atomic E-state index is -0.481. The molecule has 0 radical (unpaired) electrons. The van der Waals surface area contributed by atoms with Gasteiger partial charge in [-0.2, -0.15) is 0 Å². The largest absolute Gasteiger partial charge is 0.341 e. The summed E-state index contributed by atoms with van der Waals surface area (Å²) in [6.45, 7) is 0. The molecular formula is C10H12N2O2. The quantitative estimate of drug-likeness (QED) is 0.724. The topological polar surface area (TPSA) is 58.2 Å². The Labute approximate surface area is 82.3 Å². The van der Waals surface area contributed by atoms with E-state index in [1.807, 2.05) is 30.3 Å². The maximum atomic E-state index is 11.2. The molecule has 2 N–H and O–H groups in total. The van der Waals surface area contributed by atoms with Crippen molar-refractivity contribution in [2.24, 2.45) is 0 Å². The fourth-order valence-electron chi connectivity index (χ4n) is 1.01. The summed E-state index contributed by atoms with van der Waals surface area (Å²) in [5.41, 5.74) is 0.883. The maximum Gasteiger partial charge on any atom is 0.321 e. The molecule has 0 heterocycles. The van der Waals surface area contributed by atoms with Crippen molar-refractivity contribution in [3.05, 3.63) is 35.9 Å². The summed E-state index contributed by atoms with van der Waals surface area (Å²) in [7, 11) is 1.46. The molecule has 1 rings (SSSR count). The summed E-state index contributed by atoms with van der Waals surface area (Å²) in [6.07, 6.45) is 0.217. The Balaban J connectivity index is 2.46. The van der Waals surface area contributed by atoms with Crippen LogP contribution in [0.4, 0.5) is 4.79 Å². The van der Waals surface area contributed by atoms with Crippen molar-refractivity contribution >= 4 is 11.9 Å². The Hall–Kier alpha value is -1.84. The van der Waals surface area contributed by atoms with Crippen LogP contribution in [0.5, 0.6) is 0 Å². The van der Waals surface area contributed by atoms with Crippen molar-refractivity contribution in [3.8, 4) is 0 Å². The zero-order chi connectivity index (χ0) is 10.4. The van der Waals surface area contributed by atoms with Crippen molar-refractivity contribution in [2.75, 3.05) is 7.05 Å². The van der Waals surface area contributed by atoms with Crippen molar-refractivity contribution in [3.63, 3.8) is 0 Å². The number of benzene rings is 1. The highest BCUT2D eigenvalue weighted by atomic mass is 16.2. The summed E-state index contributed by atoms with van der Waals surface area (Å²) in [6, 6.07) is 8.77. The highest BCUT2D eigenvalue weighted by molar-refractivity contribution is 5.95. The van der Waals surface area contributed by atoms with E-state index in [4.69, 9.17) is 0 Å². The van der Waals surface area contributed by atoms with Gasteiger partial charge in [-0.3, -0.25) is 10.1 Å². The van der Waals surface area contributed by atoms with Crippen LogP contribution in [0.3, 0.4) is 0 Å². The van der Waals surface area contributed by atoms with Crippen LogP contribution in [0.25, 0.3) is 0 Å². The first kappa shape index (κ1) is 10.2. The lowest BCUT2D eigenvalue weighted by Gasteiger charge is -2.02. The number of imide groups is 1. The maximum absolute atomic E-state index is 11.2. The van der Waals surface area contributed by atoms with Crippen LogP contribution < -0.4 is 10.6 Å². The van der Waals surface area contributed by atoms with Gasteiger partial charge in [-0.05, 0) is 5.56 Å². The van der Waals surface area contributed by atoms with Gasteiger partial charge in [0.15, 0.2) is 0 Å². The van der Waals surface area contributed by atoms with Crippen LogP contribution in [0, 0.1) is 0 Å². The predicted octanol–water partition coefficient (Wildman–Crippen LogP) is 0.685. The van der Waals surface area contributed by atoms with Crippen LogP contribution >= 0.6 is 0 Å². The number of urea groups is 1. The summed E-state index contributed by atoms with van der Waals surface area (Å²) < 4.78 is 0. The zero-order valence-electron chi connectivity index (χ0n) is 7.91. The molecule has 0 fully saturated rings. The molecule has 4 heteroatoms. The van der Waals surface area contributed by atoms with Gasteiger partial charge in [0.2, 0.25) is 5.91 Å². The van der Waals surface area contributed by atoms with Gasteiger partial charge in [0.25, 0.3) is 0 Å². The second-order valence-electron chi connectivity index (χ2n) is 2.79.